The average molecular weight is 651 g/mol. The van der Waals surface area contributed by atoms with E-state index >= 15 is 0 Å². The van der Waals surface area contributed by atoms with Gasteiger partial charge in [0.25, 0.3) is 0 Å². The van der Waals surface area contributed by atoms with Crippen LogP contribution in [0.25, 0.3) is 10.8 Å². The molecule has 0 spiro atoms. The molecule has 0 bridgehead atoms. The molecule has 1 amide bonds. The van der Waals surface area contributed by atoms with Crippen LogP contribution in [-0.4, -0.2) is 41.7 Å². The van der Waals surface area contributed by atoms with E-state index < -0.39 is 6.10 Å². The first-order valence-electron chi connectivity index (χ1n) is 16.8. The number of amides is 1. The van der Waals surface area contributed by atoms with Crippen LogP contribution in [0.5, 0.6) is 11.5 Å². The highest BCUT2D eigenvalue weighted by molar-refractivity contribution is 5.93. The number of ether oxygens (including phenoxy) is 2. The van der Waals surface area contributed by atoms with E-state index in [9.17, 15) is 9.90 Å². The molecule has 0 aromatic heterocycles. The van der Waals surface area contributed by atoms with Gasteiger partial charge in [-0.2, -0.15) is 0 Å². The third-order valence-electron chi connectivity index (χ3n) is 8.37. The van der Waals surface area contributed by atoms with Crippen LogP contribution < -0.4 is 14.8 Å². The number of rotatable bonds is 16. The molecule has 6 aromatic rings. The average Bonchev–Trinajstić information content (AvgIpc) is 3.14. The molecule has 0 radical (unpaired) electrons. The van der Waals surface area contributed by atoms with Gasteiger partial charge in [0.2, 0.25) is 5.91 Å². The highest BCUT2D eigenvalue weighted by Crippen LogP contribution is 2.20. The van der Waals surface area contributed by atoms with Crippen molar-refractivity contribution in [2.45, 2.75) is 32.1 Å². The number of aliphatic hydroxyl groups is 1. The Bertz CT molecular complexity index is 1900. The van der Waals surface area contributed by atoms with E-state index in [-0.39, 0.29) is 12.5 Å². The second-order valence-corrected chi connectivity index (χ2v) is 12.3. The zero-order chi connectivity index (χ0) is 33.7. The molecule has 0 unspecified atom stereocenters. The van der Waals surface area contributed by atoms with Crippen LogP contribution in [0.15, 0.2) is 152 Å². The van der Waals surface area contributed by atoms with Gasteiger partial charge in [0, 0.05) is 25.3 Å². The number of nitrogens with one attached hydrogen (secondary N) is 1. The first kappa shape index (κ1) is 33.5. The number of hydrogen-bond donors (Lipinski definition) is 2. The maximum absolute atomic E-state index is 12.8. The molecule has 0 aliphatic heterocycles. The van der Waals surface area contributed by atoms with Crippen molar-refractivity contribution in [3.8, 4) is 11.5 Å². The van der Waals surface area contributed by atoms with E-state index in [1.165, 1.54) is 10.9 Å². The molecule has 0 heterocycles. The molecule has 0 aliphatic rings. The van der Waals surface area contributed by atoms with Gasteiger partial charge in [0.1, 0.15) is 30.8 Å². The van der Waals surface area contributed by atoms with Crippen LogP contribution in [0.3, 0.4) is 0 Å². The molecular weight excluding hydrogens is 608 g/mol. The van der Waals surface area contributed by atoms with E-state index in [1.54, 1.807) is 0 Å². The van der Waals surface area contributed by atoms with Crippen LogP contribution in [-0.2, 0) is 30.8 Å². The third-order valence-corrected chi connectivity index (χ3v) is 8.37. The number of benzene rings is 6. The Labute approximate surface area is 288 Å². The summed E-state index contributed by atoms with van der Waals surface area (Å²) in [6.45, 7) is 2.63. The van der Waals surface area contributed by atoms with Gasteiger partial charge in [-0.3, -0.25) is 9.69 Å². The first-order chi connectivity index (χ1) is 24.1. The number of hydrogen-bond acceptors (Lipinski definition) is 5. The summed E-state index contributed by atoms with van der Waals surface area (Å²) in [6, 6.07) is 50.2. The number of nitrogens with zero attached hydrogens (tertiary/aromatic N) is 1. The van der Waals surface area contributed by atoms with Crippen LogP contribution in [0.4, 0.5) is 5.69 Å². The first-order valence-corrected chi connectivity index (χ1v) is 16.8. The van der Waals surface area contributed by atoms with Gasteiger partial charge in [-0.25, -0.2) is 0 Å². The molecule has 6 heteroatoms. The van der Waals surface area contributed by atoms with Crippen molar-refractivity contribution < 1.29 is 19.4 Å². The normalized spacial score (nSPS) is 11.7. The lowest BCUT2D eigenvalue weighted by Gasteiger charge is -2.25. The van der Waals surface area contributed by atoms with Crippen LogP contribution >= 0.6 is 0 Å². The minimum absolute atomic E-state index is 0.0411. The van der Waals surface area contributed by atoms with Crippen LogP contribution in [0.2, 0.25) is 0 Å². The SMILES string of the molecule is O=C(Cc1ccc2ccccc2c1)Nc1ccc(CCN(Cc2ccccc2)C[C@H](O)COc2ccc(OCc3ccccc3)cc2)cc1. The van der Waals surface area contributed by atoms with Crippen molar-refractivity contribution in [1.29, 1.82) is 0 Å². The van der Waals surface area contributed by atoms with Gasteiger partial charge < -0.3 is 19.9 Å². The summed E-state index contributed by atoms with van der Waals surface area (Å²) in [5, 5.41) is 16.3. The summed E-state index contributed by atoms with van der Waals surface area (Å²) in [4.78, 5) is 15.0. The van der Waals surface area contributed by atoms with Crippen molar-refractivity contribution in [2.24, 2.45) is 0 Å². The lowest BCUT2D eigenvalue weighted by Crippen LogP contribution is -2.36. The van der Waals surface area contributed by atoms with E-state index in [0.717, 1.165) is 46.5 Å². The van der Waals surface area contributed by atoms with E-state index in [1.807, 2.05) is 103 Å². The topological polar surface area (TPSA) is 71.0 Å². The van der Waals surface area contributed by atoms with E-state index in [2.05, 4.69) is 58.7 Å². The quantitative estimate of drug-likeness (QED) is 0.111. The van der Waals surface area contributed by atoms with Crippen molar-refractivity contribution in [2.75, 3.05) is 25.0 Å². The lowest BCUT2D eigenvalue weighted by atomic mass is 10.0. The molecule has 1 atom stereocenters. The number of carbonyl (C=O) groups is 1. The minimum Gasteiger partial charge on any atom is -0.491 e. The molecule has 2 N–H and O–H groups in total. The molecule has 6 rings (SSSR count). The van der Waals surface area contributed by atoms with Crippen molar-refractivity contribution >= 4 is 22.4 Å². The summed E-state index contributed by atoms with van der Waals surface area (Å²) < 4.78 is 11.8. The van der Waals surface area contributed by atoms with Gasteiger partial charge in [0.15, 0.2) is 0 Å². The van der Waals surface area contributed by atoms with Gasteiger partial charge in [0.05, 0.1) is 6.42 Å². The molecule has 0 saturated carbocycles. The fourth-order valence-electron chi connectivity index (χ4n) is 5.77. The Morgan fingerprint density at radius 2 is 1.24 bits per heavy atom. The number of aliphatic hydroxyl groups excluding tert-OH is 1. The van der Waals surface area contributed by atoms with Crippen molar-refractivity contribution in [3.05, 3.63) is 174 Å². The molecular formula is C43H42N2O4. The lowest BCUT2D eigenvalue weighted by molar-refractivity contribution is -0.115. The van der Waals surface area contributed by atoms with Gasteiger partial charge >= 0.3 is 0 Å². The van der Waals surface area contributed by atoms with Crippen molar-refractivity contribution in [1.82, 2.24) is 4.90 Å². The highest BCUT2D eigenvalue weighted by atomic mass is 16.5. The summed E-state index contributed by atoms with van der Waals surface area (Å²) >= 11 is 0. The zero-order valence-corrected chi connectivity index (χ0v) is 27.6. The largest absolute Gasteiger partial charge is 0.491 e. The third kappa shape index (κ3) is 10.5. The second kappa shape index (κ2) is 17.1. The van der Waals surface area contributed by atoms with Gasteiger partial charge in [-0.15, -0.1) is 0 Å². The fourth-order valence-corrected chi connectivity index (χ4v) is 5.77. The Morgan fingerprint density at radius 1 is 0.633 bits per heavy atom. The van der Waals surface area contributed by atoms with Crippen molar-refractivity contribution in [3.63, 3.8) is 0 Å². The summed E-state index contributed by atoms with van der Waals surface area (Å²) in [5.74, 6) is 1.41. The molecule has 0 fully saturated rings. The Balaban J connectivity index is 0.980. The number of fused-ring (bicyclic) bond motifs is 1. The van der Waals surface area contributed by atoms with Crippen LogP contribution in [0, 0.1) is 0 Å². The molecule has 0 aliphatic carbocycles. The molecule has 6 aromatic carbocycles. The summed E-state index contributed by atoms with van der Waals surface area (Å²) in [5.41, 5.74) is 5.22. The summed E-state index contributed by atoms with van der Waals surface area (Å²) in [7, 11) is 0. The Kier molecular flexibility index (Phi) is 11.7. The molecule has 0 saturated heterocycles. The monoisotopic (exact) mass is 650 g/mol. The maximum atomic E-state index is 12.8. The maximum Gasteiger partial charge on any atom is 0.228 e. The van der Waals surface area contributed by atoms with Gasteiger partial charge in [-0.1, -0.05) is 115 Å². The number of carbonyl (C=O) groups excluding carboxylic acids is 1. The molecule has 6 nitrogen and oxygen atoms in total. The second-order valence-electron chi connectivity index (χ2n) is 12.3. The Hall–Kier alpha value is -5.43. The van der Waals surface area contributed by atoms with E-state index in [4.69, 9.17) is 9.47 Å². The standard InChI is InChI=1S/C43H42N2O4/c46-40(32-49-42-23-21-41(22-24-42)48-31-35-11-5-2-6-12-35)30-45(29-34-9-3-1-4-10-34)26-25-33-16-19-39(20-17-33)44-43(47)28-36-15-18-37-13-7-8-14-38(37)27-36/h1-24,27,40,46H,25-26,28-32H2,(H,44,47)/t40-/m0/s1. The zero-order valence-electron chi connectivity index (χ0n) is 27.6. The smallest absolute Gasteiger partial charge is 0.228 e. The number of anilines is 1. The van der Waals surface area contributed by atoms with Crippen LogP contribution in [0.1, 0.15) is 22.3 Å². The molecule has 49 heavy (non-hydrogen) atoms. The molecule has 248 valence electrons. The predicted molar refractivity (Wildman–Crippen MR) is 197 cm³/mol. The fraction of sp³-hybridized carbons (Fsp3) is 0.186. The van der Waals surface area contributed by atoms with E-state index in [0.29, 0.717) is 31.9 Å². The minimum atomic E-state index is -0.669. The summed E-state index contributed by atoms with van der Waals surface area (Å²) in [6.07, 6.45) is 0.454. The van der Waals surface area contributed by atoms with Gasteiger partial charge in [-0.05, 0) is 75.8 Å². The Morgan fingerprint density at radius 3 is 1.96 bits per heavy atom. The highest BCUT2D eigenvalue weighted by Gasteiger charge is 2.14. The predicted octanol–water partition coefficient (Wildman–Crippen LogP) is 8.08.